The van der Waals surface area contributed by atoms with Crippen LogP contribution in [0.25, 0.3) is 11.1 Å². The number of rotatable bonds is 8. The average molecular weight is 536 g/mol. The van der Waals surface area contributed by atoms with Crippen molar-refractivity contribution in [3.05, 3.63) is 42.4 Å². The van der Waals surface area contributed by atoms with Crippen molar-refractivity contribution in [3.8, 4) is 16.9 Å². The molecule has 3 aliphatic rings. The molecule has 2 aliphatic carbocycles. The lowest BCUT2D eigenvalue weighted by molar-refractivity contribution is -0.122. The van der Waals surface area contributed by atoms with E-state index in [-0.39, 0.29) is 41.7 Å². The molecule has 11 nitrogen and oxygen atoms in total. The van der Waals surface area contributed by atoms with Gasteiger partial charge in [-0.25, -0.2) is 4.39 Å². The molecule has 6 rings (SSSR count). The first kappa shape index (κ1) is 25.2. The Hall–Kier alpha value is -4.06. The first-order valence-corrected chi connectivity index (χ1v) is 13.1. The molecule has 3 aromatic rings. The third kappa shape index (κ3) is 4.58. The van der Waals surface area contributed by atoms with Gasteiger partial charge in [-0.1, -0.05) is 12.1 Å². The highest BCUT2D eigenvalue weighted by molar-refractivity contribution is 6.01. The smallest absolute Gasteiger partial charge is 0.271 e. The number of benzene rings is 1. The molecule has 1 saturated heterocycles. The number of primary amides is 1. The molecule has 2 aromatic heterocycles. The first-order valence-electron chi connectivity index (χ1n) is 13.1. The Morgan fingerprint density at radius 3 is 2.72 bits per heavy atom. The number of amides is 2. The van der Waals surface area contributed by atoms with E-state index in [1.807, 2.05) is 29.2 Å². The number of para-hydroxylation sites is 1. The lowest BCUT2D eigenvalue weighted by Gasteiger charge is -2.30. The second-order valence-corrected chi connectivity index (χ2v) is 10.4. The summed E-state index contributed by atoms with van der Waals surface area (Å²) < 4.78 is 28.1. The van der Waals surface area contributed by atoms with Crippen LogP contribution in [0, 0.1) is 0 Å². The summed E-state index contributed by atoms with van der Waals surface area (Å²) in [4.78, 5) is 24.2. The van der Waals surface area contributed by atoms with Crippen molar-refractivity contribution in [1.82, 2.24) is 20.0 Å². The Morgan fingerprint density at radius 2 is 2.00 bits per heavy atom. The third-order valence-electron chi connectivity index (χ3n) is 7.90. The van der Waals surface area contributed by atoms with Crippen LogP contribution in [-0.4, -0.2) is 56.8 Å². The normalized spacial score (nSPS) is 23.1. The molecule has 0 bridgehead atoms. The largest absolute Gasteiger partial charge is 0.494 e. The standard InChI is InChI=1S/C27H30FN7O4/c1-38-23-17(16-14-30-35(15-16)20-7-3-8-27(20)9-4-12-39-27)5-2-6-18(23)31-19-13-21(33-34-22(19)24(29)36)32-25(37)26(28)10-11-26/h2,5-6,13-15,20H,3-4,7-12H2,1H3,(H2,29,36)(H2,31,32,33,37). The summed E-state index contributed by atoms with van der Waals surface area (Å²) in [5, 5.41) is 17.9. The minimum absolute atomic E-state index is 0.00699. The molecule has 2 atom stereocenters. The van der Waals surface area contributed by atoms with Gasteiger partial charge in [-0.05, 0) is 51.0 Å². The van der Waals surface area contributed by atoms with Gasteiger partial charge in [-0.15, -0.1) is 10.2 Å². The molecule has 12 heteroatoms. The fraction of sp³-hybridized carbons (Fsp3) is 0.444. The van der Waals surface area contributed by atoms with Gasteiger partial charge in [-0.2, -0.15) is 5.10 Å². The minimum atomic E-state index is -1.89. The number of alkyl halides is 1. The van der Waals surface area contributed by atoms with Gasteiger partial charge in [0, 0.05) is 30.0 Å². The molecule has 3 fully saturated rings. The molecule has 3 heterocycles. The summed E-state index contributed by atoms with van der Waals surface area (Å²) in [6, 6.07) is 7.12. The number of halogens is 1. The van der Waals surface area contributed by atoms with E-state index in [4.69, 9.17) is 20.3 Å². The summed E-state index contributed by atoms with van der Waals surface area (Å²) in [6.07, 6.45) is 9.44. The van der Waals surface area contributed by atoms with Crippen LogP contribution in [-0.2, 0) is 9.53 Å². The number of nitrogens with two attached hydrogens (primary N) is 1. The number of nitrogens with one attached hydrogen (secondary N) is 2. The van der Waals surface area contributed by atoms with Crippen molar-refractivity contribution in [3.63, 3.8) is 0 Å². The number of carbonyl (C=O) groups excluding carboxylic acids is 2. The van der Waals surface area contributed by atoms with E-state index in [1.165, 1.54) is 6.07 Å². The monoisotopic (exact) mass is 535 g/mol. The van der Waals surface area contributed by atoms with Gasteiger partial charge < -0.3 is 25.8 Å². The summed E-state index contributed by atoms with van der Waals surface area (Å²) in [5.74, 6) is -1.11. The first-order chi connectivity index (χ1) is 18.8. The van der Waals surface area contributed by atoms with E-state index in [1.54, 1.807) is 13.2 Å². The lowest BCUT2D eigenvalue weighted by Crippen LogP contribution is -2.34. The highest BCUT2D eigenvalue weighted by Gasteiger charge is 2.51. The Labute approximate surface area is 224 Å². The van der Waals surface area contributed by atoms with E-state index in [2.05, 4.69) is 20.8 Å². The highest BCUT2D eigenvalue weighted by atomic mass is 19.1. The van der Waals surface area contributed by atoms with Crippen LogP contribution >= 0.6 is 0 Å². The van der Waals surface area contributed by atoms with Crippen LogP contribution in [0.2, 0.25) is 0 Å². The van der Waals surface area contributed by atoms with Crippen molar-refractivity contribution in [2.45, 2.75) is 62.3 Å². The maximum atomic E-state index is 14.1. The van der Waals surface area contributed by atoms with Crippen molar-refractivity contribution < 1.29 is 23.5 Å². The number of hydrogen-bond donors (Lipinski definition) is 3. The van der Waals surface area contributed by atoms with Crippen LogP contribution in [0.1, 0.15) is 61.5 Å². The molecule has 4 N–H and O–H groups in total. The quantitative estimate of drug-likeness (QED) is 0.394. The molecular weight excluding hydrogens is 505 g/mol. The van der Waals surface area contributed by atoms with Gasteiger partial charge >= 0.3 is 0 Å². The van der Waals surface area contributed by atoms with Gasteiger partial charge in [0.15, 0.2) is 17.2 Å². The minimum Gasteiger partial charge on any atom is -0.494 e. The molecule has 0 radical (unpaired) electrons. The lowest BCUT2D eigenvalue weighted by atomic mass is 9.94. The maximum absolute atomic E-state index is 14.1. The zero-order chi connectivity index (χ0) is 27.2. The van der Waals surface area contributed by atoms with Gasteiger partial charge in [0.2, 0.25) is 0 Å². The second kappa shape index (κ2) is 9.60. The van der Waals surface area contributed by atoms with Crippen LogP contribution in [0.4, 0.5) is 21.6 Å². The topological polar surface area (TPSA) is 146 Å². The summed E-state index contributed by atoms with van der Waals surface area (Å²) >= 11 is 0. The zero-order valence-electron chi connectivity index (χ0n) is 21.6. The van der Waals surface area contributed by atoms with E-state index < -0.39 is 17.5 Å². The number of carbonyl (C=O) groups is 2. The predicted octanol–water partition coefficient (Wildman–Crippen LogP) is 3.91. The SMILES string of the molecule is COc1c(Nc2cc(NC(=O)C3(F)CC3)nnc2C(N)=O)cccc1-c1cnn(C2CCCC23CCCO3)c1. The maximum Gasteiger partial charge on any atom is 0.271 e. The molecule has 2 unspecified atom stereocenters. The number of ether oxygens (including phenoxy) is 2. The fourth-order valence-electron chi connectivity index (χ4n) is 5.75. The Bertz CT molecular complexity index is 1430. The molecule has 2 amide bonds. The van der Waals surface area contributed by atoms with Crippen LogP contribution in [0.3, 0.4) is 0 Å². The van der Waals surface area contributed by atoms with E-state index >= 15 is 0 Å². The highest BCUT2D eigenvalue weighted by Crippen LogP contribution is 2.48. The fourth-order valence-corrected chi connectivity index (χ4v) is 5.75. The van der Waals surface area contributed by atoms with Crippen LogP contribution in [0.15, 0.2) is 36.7 Å². The number of hydrogen-bond acceptors (Lipinski definition) is 8. The van der Waals surface area contributed by atoms with Gasteiger partial charge in [0.25, 0.3) is 11.8 Å². The molecule has 1 aromatic carbocycles. The van der Waals surface area contributed by atoms with Gasteiger partial charge in [0.05, 0.1) is 36.3 Å². The van der Waals surface area contributed by atoms with Crippen molar-refractivity contribution >= 4 is 29.0 Å². The van der Waals surface area contributed by atoms with Crippen LogP contribution in [0.5, 0.6) is 5.75 Å². The Balaban J connectivity index is 1.30. The number of anilines is 3. The van der Waals surface area contributed by atoms with Crippen molar-refractivity contribution in [2.75, 3.05) is 24.4 Å². The number of aromatic nitrogens is 4. The van der Waals surface area contributed by atoms with E-state index in [9.17, 15) is 14.0 Å². The Kier molecular flexibility index (Phi) is 6.21. The second-order valence-electron chi connectivity index (χ2n) is 10.4. The van der Waals surface area contributed by atoms with Crippen molar-refractivity contribution in [2.24, 2.45) is 5.73 Å². The summed E-state index contributed by atoms with van der Waals surface area (Å²) in [7, 11) is 1.55. The van der Waals surface area contributed by atoms with Crippen LogP contribution < -0.4 is 21.1 Å². The zero-order valence-corrected chi connectivity index (χ0v) is 21.6. The molecule has 204 valence electrons. The number of nitrogens with zero attached hydrogens (tertiary/aromatic N) is 4. The van der Waals surface area contributed by atoms with Gasteiger partial charge in [0.1, 0.15) is 5.75 Å². The van der Waals surface area contributed by atoms with E-state index in [0.29, 0.717) is 11.4 Å². The van der Waals surface area contributed by atoms with E-state index in [0.717, 1.165) is 49.8 Å². The molecule has 39 heavy (non-hydrogen) atoms. The summed E-state index contributed by atoms with van der Waals surface area (Å²) in [6.45, 7) is 0.795. The van der Waals surface area contributed by atoms with Gasteiger partial charge in [-0.3, -0.25) is 14.3 Å². The third-order valence-corrected chi connectivity index (χ3v) is 7.90. The molecule has 2 saturated carbocycles. The predicted molar refractivity (Wildman–Crippen MR) is 141 cm³/mol. The molecule has 1 aliphatic heterocycles. The van der Waals surface area contributed by atoms with Crippen molar-refractivity contribution in [1.29, 1.82) is 0 Å². The molecular formula is C27H30FN7O4. The summed E-state index contributed by atoms with van der Waals surface area (Å²) in [5.41, 5.74) is 5.73. The molecule has 1 spiro atoms. The number of methoxy groups -OCH3 is 1. The Morgan fingerprint density at radius 1 is 1.18 bits per heavy atom. The average Bonchev–Trinajstić information content (AvgIpc) is 3.30.